The molecule has 98 valence electrons. The van der Waals surface area contributed by atoms with E-state index in [-0.39, 0.29) is 11.9 Å². The zero-order valence-corrected chi connectivity index (χ0v) is 11.2. The molecule has 1 fully saturated rings. The van der Waals surface area contributed by atoms with Gasteiger partial charge in [-0.2, -0.15) is 0 Å². The van der Waals surface area contributed by atoms with Gasteiger partial charge in [-0.05, 0) is 55.9 Å². The molecule has 0 unspecified atom stereocenters. The summed E-state index contributed by atoms with van der Waals surface area (Å²) in [6.45, 7) is 4.07. The maximum atomic E-state index is 12.0. The summed E-state index contributed by atoms with van der Waals surface area (Å²) in [7, 11) is 0. The first-order chi connectivity index (χ1) is 8.54. The van der Waals surface area contributed by atoms with Crippen LogP contribution in [0.25, 0.3) is 0 Å². The van der Waals surface area contributed by atoms with E-state index >= 15 is 0 Å². The topological polar surface area (TPSA) is 55.1 Å². The Morgan fingerprint density at radius 2 is 1.94 bits per heavy atom. The van der Waals surface area contributed by atoms with E-state index in [9.17, 15) is 4.79 Å². The second-order valence-electron chi connectivity index (χ2n) is 5.48. The fraction of sp³-hybridized carbons (Fsp3) is 0.533. The van der Waals surface area contributed by atoms with E-state index < -0.39 is 0 Å². The van der Waals surface area contributed by atoms with Crippen LogP contribution in [0.2, 0.25) is 0 Å². The zero-order valence-electron chi connectivity index (χ0n) is 11.2. The molecule has 0 spiro atoms. The van der Waals surface area contributed by atoms with Gasteiger partial charge >= 0.3 is 0 Å². The minimum Gasteiger partial charge on any atom is -0.327 e. The largest absolute Gasteiger partial charge is 0.327 e. The Hall–Kier alpha value is -1.35. The Labute approximate surface area is 109 Å². The summed E-state index contributed by atoms with van der Waals surface area (Å²) < 4.78 is 0. The number of nitrogens with one attached hydrogen (secondary N) is 1. The highest BCUT2D eigenvalue weighted by Crippen LogP contribution is 2.27. The van der Waals surface area contributed by atoms with E-state index in [2.05, 4.69) is 11.4 Å². The number of carbonyl (C=O) groups is 1. The minimum atomic E-state index is 0.0855. The molecule has 3 nitrogen and oxygen atoms in total. The SMILES string of the molecule is Cc1cc(C)cc(NC(=O)C[C@@H]2CCC[C@H]2N)c1. The van der Waals surface area contributed by atoms with Crippen molar-refractivity contribution in [2.75, 3.05) is 5.32 Å². The third-order valence-electron chi connectivity index (χ3n) is 3.67. The maximum Gasteiger partial charge on any atom is 0.224 e. The smallest absolute Gasteiger partial charge is 0.224 e. The fourth-order valence-corrected chi connectivity index (χ4v) is 2.82. The molecule has 1 saturated carbocycles. The van der Waals surface area contributed by atoms with E-state index in [1.807, 2.05) is 26.0 Å². The van der Waals surface area contributed by atoms with Gasteiger partial charge in [0.1, 0.15) is 0 Å². The number of amides is 1. The number of aryl methyl sites for hydroxylation is 2. The summed E-state index contributed by atoms with van der Waals surface area (Å²) in [5, 5.41) is 2.98. The summed E-state index contributed by atoms with van der Waals surface area (Å²) in [4.78, 5) is 12.0. The van der Waals surface area contributed by atoms with Crippen LogP contribution in [0.15, 0.2) is 18.2 Å². The average molecular weight is 246 g/mol. The molecule has 2 rings (SSSR count). The van der Waals surface area contributed by atoms with Crippen LogP contribution in [0, 0.1) is 19.8 Å². The van der Waals surface area contributed by atoms with Gasteiger partial charge in [0.2, 0.25) is 5.91 Å². The summed E-state index contributed by atoms with van der Waals surface area (Å²) in [5.74, 6) is 0.443. The summed E-state index contributed by atoms with van der Waals surface area (Å²) in [6.07, 6.45) is 3.85. The van der Waals surface area contributed by atoms with Gasteiger partial charge in [-0.3, -0.25) is 4.79 Å². The minimum absolute atomic E-state index is 0.0855. The number of hydrogen-bond acceptors (Lipinski definition) is 2. The highest BCUT2D eigenvalue weighted by Gasteiger charge is 2.25. The lowest BCUT2D eigenvalue weighted by molar-refractivity contribution is -0.117. The van der Waals surface area contributed by atoms with Crippen LogP contribution in [0.1, 0.15) is 36.8 Å². The molecule has 0 heterocycles. The Morgan fingerprint density at radius 3 is 2.50 bits per heavy atom. The van der Waals surface area contributed by atoms with Crippen molar-refractivity contribution in [2.24, 2.45) is 11.7 Å². The molecule has 3 N–H and O–H groups in total. The van der Waals surface area contributed by atoms with Crippen LogP contribution in [0.3, 0.4) is 0 Å². The summed E-state index contributed by atoms with van der Waals surface area (Å²) >= 11 is 0. The van der Waals surface area contributed by atoms with Crippen molar-refractivity contribution in [3.8, 4) is 0 Å². The summed E-state index contributed by atoms with van der Waals surface area (Å²) in [5.41, 5.74) is 9.22. The Kier molecular flexibility index (Phi) is 4.02. The zero-order chi connectivity index (χ0) is 13.1. The number of nitrogens with two attached hydrogens (primary N) is 1. The number of benzene rings is 1. The van der Waals surface area contributed by atoms with Crippen LogP contribution in [-0.4, -0.2) is 11.9 Å². The van der Waals surface area contributed by atoms with Crippen molar-refractivity contribution in [3.05, 3.63) is 29.3 Å². The van der Waals surface area contributed by atoms with Gasteiger partial charge in [-0.15, -0.1) is 0 Å². The molecule has 0 aromatic heterocycles. The Morgan fingerprint density at radius 1 is 1.28 bits per heavy atom. The molecular formula is C15H22N2O. The molecule has 1 aliphatic rings. The van der Waals surface area contributed by atoms with E-state index in [0.717, 1.165) is 24.9 Å². The quantitative estimate of drug-likeness (QED) is 0.861. The molecule has 1 aromatic rings. The maximum absolute atomic E-state index is 12.0. The lowest BCUT2D eigenvalue weighted by Gasteiger charge is -2.15. The van der Waals surface area contributed by atoms with Crippen molar-refractivity contribution in [1.82, 2.24) is 0 Å². The van der Waals surface area contributed by atoms with Gasteiger partial charge < -0.3 is 11.1 Å². The second kappa shape index (κ2) is 5.53. The number of hydrogen-bond donors (Lipinski definition) is 2. The van der Waals surface area contributed by atoms with Crippen LogP contribution in [0.5, 0.6) is 0 Å². The molecule has 0 radical (unpaired) electrons. The molecule has 1 aromatic carbocycles. The van der Waals surface area contributed by atoms with E-state index in [1.165, 1.54) is 11.1 Å². The van der Waals surface area contributed by atoms with Gasteiger partial charge in [-0.25, -0.2) is 0 Å². The molecule has 1 amide bonds. The highest BCUT2D eigenvalue weighted by atomic mass is 16.1. The molecule has 1 aliphatic carbocycles. The fourth-order valence-electron chi connectivity index (χ4n) is 2.82. The first-order valence-electron chi connectivity index (χ1n) is 6.68. The lowest BCUT2D eigenvalue weighted by Crippen LogP contribution is -2.28. The Bertz CT molecular complexity index is 422. The molecule has 18 heavy (non-hydrogen) atoms. The first-order valence-corrected chi connectivity index (χ1v) is 6.68. The lowest BCUT2D eigenvalue weighted by atomic mass is 10.00. The van der Waals surface area contributed by atoms with E-state index in [4.69, 9.17) is 5.73 Å². The molecule has 0 aliphatic heterocycles. The third-order valence-corrected chi connectivity index (χ3v) is 3.67. The second-order valence-corrected chi connectivity index (χ2v) is 5.48. The van der Waals surface area contributed by atoms with Crippen molar-refractivity contribution >= 4 is 11.6 Å². The van der Waals surface area contributed by atoms with Crippen molar-refractivity contribution < 1.29 is 4.79 Å². The van der Waals surface area contributed by atoms with Gasteiger partial charge in [0.15, 0.2) is 0 Å². The van der Waals surface area contributed by atoms with E-state index in [1.54, 1.807) is 0 Å². The predicted octanol–water partition coefficient (Wildman–Crippen LogP) is 2.76. The van der Waals surface area contributed by atoms with Crippen molar-refractivity contribution in [3.63, 3.8) is 0 Å². The molecular weight excluding hydrogens is 224 g/mol. The van der Waals surface area contributed by atoms with E-state index in [0.29, 0.717) is 12.3 Å². The monoisotopic (exact) mass is 246 g/mol. The number of carbonyl (C=O) groups excluding carboxylic acids is 1. The summed E-state index contributed by atoms with van der Waals surface area (Å²) in [6, 6.07) is 6.30. The average Bonchev–Trinajstić information content (AvgIpc) is 2.62. The van der Waals surface area contributed by atoms with Crippen molar-refractivity contribution in [1.29, 1.82) is 0 Å². The van der Waals surface area contributed by atoms with Gasteiger partial charge in [0.05, 0.1) is 0 Å². The van der Waals surface area contributed by atoms with Crippen LogP contribution in [-0.2, 0) is 4.79 Å². The molecule has 3 heteroatoms. The molecule has 0 bridgehead atoms. The highest BCUT2D eigenvalue weighted by molar-refractivity contribution is 5.91. The number of rotatable bonds is 3. The van der Waals surface area contributed by atoms with Crippen LogP contribution in [0.4, 0.5) is 5.69 Å². The van der Waals surface area contributed by atoms with Crippen LogP contribution >= 0.6 is 0 Å². The number of anilines is 1. The Balaban J connectivity index is 1.94. The van der Waals surface area contributed by atoms with Gasteiger partial charge in [0.25, 0.3) is 0 Å². The van der Waals surface area contributed by atoms with Gasteiger partial charge in [-0.1, -0.05) is 12.5 Å². The first kappa shape index (κ1) is 13.1. The normalized spacial score (nSPS) is 23.1. The third kappa shape index (κ3) is 3.33. The van der Waals surface area contributed by atoms with Crippen molar-refractivity contribution in [2.45, 2.75) is 45.6 Å². The van der Waals surface area contributed by atoms with Gasteiger partial charge in [0, 0.05) is 18.2 Å². The van der Waals surface area contributed by atoms with Crippen LogP contribution < -0.4 is 11.1 Å². The molecule has 0 saturated heterocycles. The predicted molar refractivity (Wildman–Crippen MR) is 74.5 cm³/mol. The standard InChI is InChI=1S/C15H22N2O/c1-10-6-11(2)8-13(7-10)17-15(18)9-12-4-3-5-14(12)16/h6-8,12,14H,3-5,9,16H2,1-2H3,(H,17,18)/t12-,14+/m0/s1. The molecule has 2 atom stereocenters.